The molecule has 21 heavy (non-hydrogen) atoms. The van der Waals surface area contributed by atoms with Crippen LogP contribution in [0, 0.1) is 5.92 Å². The fourth-order valence-corrected chi connectivity index (χ4v) is 2.85. The lowest BCUT2D eigenvalue weighted by Crippen LogP contribution is -2.43. The van der Waals surface area contributed by atoms with Crippen molar-refractivity contribution >= 4 is 11.9 Å². The third kappa shape index (κ3) is 2.41. The minimum atomic E-state index is -0.634. The number of urea groups is 1. The predicted molar refractivity (Wildman–Crippen MR) is 76.1 cm³/mol. The normalized spacial score (nSPS) is 29.2. The van der Waals surface area contributed by atoms with E-state index in [1.165, 1.54) is 4.90 Å². The second kappa shape index (κ2) is 5.46. The quantitative estimate of drug-likeness (QED) is 0.887. The molecule has 0 bridgehead atoms. The Morgan fingerprint density at radius 1 is 1.29 bits per heavy atom. The molecule has 2 aliphatic rings. The average molecular weight is 289 g/mol. The van der Waals surface area contributed by atoms with Crippen molar-refractivity contribution in [1.29, 1.82) is 0 Å². The van der Waals surface area contributed by atoms with Crippen LogP contribution < -0.4 is 5.48 Å². The topological polar surface area (TPSA) is 61.9 Å². The Bertz CT molecular complexity index is 548. The predicted octanol–water partition coefficient (Wildman–Crippen LogP) is 1.16. The van der Waals surface area contributed by atoms with Gasteiger partial charge < -0.3 is 4.90 Å². The van der Waals surface area contributed by atoms with Gasteiger partial charge in [-0.25, -0.2) is 4.79 Å². The summed E-state index contributed by atoms with van der Waals surface area (Å²) in [4.78, 5) is 32.7. The second-order valence-corrected chi connectivity index (χ2v) is 5.60. The van der Waals surface area contributed by atoms with E-state index < -0.39 is 6.10 Å². The molecule has 2 aliphatic heterocycles. The summed E-state index contributed by atoms with van der Waals surface area (Å²) < 4.78 is 0. The number of rotatable bonds is 2. The minimum absolute atomic E-state index is 0.0430. The number of hydrogen-bond donors (Lipinski definition) is 1. The van der Waals surface area contributed by atoms with Gasteiger partial charge in [0.05, 0.1) is 6.04 Å². The number of imide groups is 1. The van der Waals surface area contributed by atoms with Crippen molar-refractivity contribution in [2.24, 2.45) is 5.92 Å². The van der Waals surface area contributed by atoms with Crippen LogP contribution in [0.4, 0.5) is 4.79 Å². The van der Waals surface area contributed by atoms with Crippen LogP contribution in [-0.2, 0) is 9.63 Å². The summed E-state index contributed by atoms with van der Waals surface area (Å²) in [5, 5.41) is 0. The number of carbonyl (C=O) groups excluding carboxylic acids is 2. The summed E-state index contributed by atoms with van der Waals surface area (Å²) in [6.07, 6.45) is -0.634. The number of benzene rings is 1. The van der Waals surface area contributed by atoms with Gasteiger partial charge in [-0.3, -0.25) is 14.5 Å². The molecule has 6 nitrogen and oxygen atoms in total. The fraction of sp³-hybridized carbons (Fsp3) is 0.467. The van der Waals surface area contributed by atoms with Gasteiger partial charge in [0.1, 0.15) is 0 Å². The lowest BCUT2D eigenvalue weighted by molar-refractivity contribution is -0.141. The van der Waals surface area contributed by atoms with Crippen LogP contribution in [0.2, 0.25) is 0 Å². The molecular formula is C15H19N3O3. The molecule has 1 N–H and O–H groups in total. The third-order valence-electron chi connectivity index (χ3n) is 4.21. The summed E-state index contributed by atoms with van der Waals surface area (Å²) in [7, 11) is 1.69. The van der Waals surface area contributed by atoms with Crippen molar-refractivity contribution in [2.45, 2.75) is 19.1 Å². The third-order valence-corrected chi connectivity index (χ3v) is 4.21. The summed E-state index contributed by atoms with van der Waals surface area (Å²) in [5.41, 5.74) is 4.00. The highest BCUT2D eigenvalue weighted by Crippen LogP contribution is 2.32. The van der Waals surface area contributed by atoms with E-state index in [9.17, 15) is 9.59 Å². The minimum Gasteiger partial charge on any atom is -0.326 e. The Morgan fingerprint density at radius 3 is 2.62 bits per heavy atom. The summed E-state index contributed by atoms with van der Waals surface area (Å²) in [6.45, 7) is 2.96. The first-order valence-electron chi connectivity index (χ1n) is 7.12. The van der Waals surface area contributed by atoms with Crippen LogP contribution >= 0.6 is 0 Å². The van der Waals surface area contributed by atoms with E-state index in [0.29, 0.717) is 13.1 Å². The SMILES string of the molecule is CC1C(c2ccccc2)NO[C@H]1C(=O)N1CCN(C)C1=O. The van der Waals surface area contributed by atoms with Gasteiger partial charge in [-0.1, -0.05) is 37.3 Å². The van der Waals surface area contributed by atoms with Gasteiger partial charge in [0, 0.05) is 26.1 Å². The maximum absolute atomic E-state index is 12.5. The van der Waals surface area contributed by atoms with Gasteiger partial charge in [0.15, 0.2) is 6.10 Å². The molecule has 2 fully saturated rings. The fourth-order valence-electron chi connectivity index (χ4n) is 2.85. The van der Waals surface area contributed by atoms with Crippen LogP contribution in [0.15, 0.2) is 30.3 Å². The Kier molecular flexibility index (Phi) is 3.65. The Hall–Kier alpha value is -1.92. The Balaban J connectivity index is 1.73. The first-order chi connectivity index (χ1) is 10.1. The molecule has 0 saturated carbocycles. The van der Waals surface area contributed by atoms with E-state index in [1.54, 1.807) is 11.9 Å². The van der Waals surface area contributed by atoms with E-state index >= 15 is 0 Å². The maximum atomic E-state index is 12.5. The van der Waals surface area contributed by atoms with Crippen LogP contribution in [0.3, 0.4) is 0 Å². The average Bonchev–Trinajstić information content (AvgIpc) is 3.04. The Labute approximate surface area is 123 Å². The molecule has 6 heteroatoms. The van der Waals surface area contributed by atoms with Crippen LogP contribution in [0.25, 0.3) is 0 Å². The smallest absolute Gasteiger partial charge is 0.326 e. The molecule has 0 spiro atoms. The number of carbonyl (C=O) groups is 2. The molecule has 1 aromatic rings. The van der Waals surface area contributed by atoms with E-state index in [1.807, 2.05) is 37.3 Å². The van der Waals surface area contributed by atoms with E-state index in [-0.39, 0.29) is 23.9 Å². The molecule has 2 unspecified atom stereocenters. The maximum Gasteiger partial charge on any atom is 0.326 e. The standard InChI is InChI=1S/C15H19N3O3/c1-10-12(11-6-4-3-5-7-11)16-21-13(10)14(19)18-9-8-17(2)15(18)20/h3-7,10,12-13,16H,8-9H2,1-2H3/t10?,12?,13-/m1/s1. The highest BCUT2D eigenvalue weighted by Gasteiger charge is 2.44. The summed E-state index contributed by atoms with van der Waals surface area (Å²) >= 11 is 0. The van der Waals surface area contributed by atoms with Crippen molar-refractivity contribution in [3.05, 3.63) is 35.9 Å². The highest BCUT2D eigenvalue weighted by atomic mass is 16.7. The van der Waals surface area contributed by atoms with Gasteiger partial charge in [0.25, 0.3) is 5.91 Å². The molecule has 0 radical (unpaired) electrons. The summed E-state index contributed by atoms with van der Waals surface area (Å²) in [6, 6.07) is 9.56. The van der Waals surface area contributed by atoms with Gasteiger partial charge in [-0.05, 0) is 5.56 Å². The molecular weight excluding hydrogens is 270 g/mol. The first-order valence-corrected chi connectivity index (χ1v) is 7.12. The number of amides is 3. The molecule has 3 rings (SSSR count). The second-order valence-electron chi connectivity index (χ2n) is 5.60. The molecule has 1 aromatic carbocycles. The highest BCUT2D eigenvalue weighted by molar-refractivity contribution is 5.98. The number of nitrogens with zero attached hydrogens (tertiary/aromatic N) is 2. The zero-order chi connectivity index (χ0) is 15.0. The van der Waals surface area contributed by atoms with Crippen molar-refractivity contribution in [3.63, 3.8) is 0 Å². The molecule has 0 aromatic heterocycles. The number of nitrogens with one attached hydrogen (secondary N) is 1. The molecule has 2 heterocycles. The Morgan fingerprint density at radius 2 is 2.00 bits per heavy atom. The molecule has 2 saturated heterocycles. The molecule has 3 atom stereocenters. The van der Waals surface area contributed by atoms with Gasteiger partial charge >= 0.3 is 6.03 Å². The van der Waals surface area contributed by atoms with Gasteiger partial charge in [-0.15, -0.1) is 0 Å². The van der Waals surface area contributed by atoms with E-state index in [2.05, 4.69) is 5.48 Å². The van der Waals surface area contributed by atoms with Crippen molar-refractivity contribution in [2.75, 3.05) is 20.1 Å². The molecule has 3 amide bonds. The van der Waals surface area contributed by atoms with Crippen LogP contribution in [0.5, 0.6) is 0 Å². The van der Waals surface area contributed by atoms with E-state index in [4.69, 9.17) is 4.84 Å². The van der Waals surface area contributed by atoms with Crippen LogP contribution in [-0.4, -0.2) is 48.0 Å². The van der Waals surface area contributed by atoms with E-state index in [0.717, 1.165) is 5.56 Å². The number of hydrogen-bond acceptors (Lipinski definition) is 4. The van der Waals surface area contributed by atoms with Gasteiger partial charge in [0.2, 0.25) is 0 Å². The lowest BCUT2D eigenvalue weighted by Gasteiger charge is -2.21. The summed E-state index contributed by atoms with van der Waals surface area (Å²) in [5.74, 6) is -0.304. The van der Waals surface area contributed by atoms with Crippen molar-refractivity contribution in [3.8, 4) is 0 Å². The first kappa shape index (κ1) is 14.0. The van der Waals surface area contributed by atoms with Gasteiger partial charge in [-0.2, -0.15) is 5.48 Å². The molecule has 0 aliphatic carbocycles. The zero-order valence-electron chi connectivity index (χ0n) is 12.2. The van der Waals surface area contributed by atoms with Crippen LogP contribution in [0.1, 0.15) is 18.5 Å². The lowest BCUT2D eigenvalue weighted by atomic mass is 9.91. The largest absolute Gasteiger partial charge is 0.326 e. The molecule has 112 valence electrons. The monoisotopic (exact) mass is 289 g/mol. The number of likely N-dealkylation sites (N-methyl/N-ethyl adjacent to an activating group) is 1. The number of hydroxylamine groups is 1. The van der Waals surface area contributed by atoms with Crippen molar-refractivity contribution < 1.29 is 14.4 Å². The van der Waals surface area contributed by atoms with Crippen molar-refractivity contribution in [1.82, 2.24) is 15.3 Å². The zero-order valence-corrected chi connectivity index (χ0v) is 12.2.